The summed E-state index contributed by atoms with van der Waals surface area (Å²) in [4.78, 5) is 12.1. The van der Waals surface area contributed by atoms with Crippen LogP contribution in [0.2, 0.25) is 0 Å². The number of hydrogen-bond acceptors (Lipinski definition) is 5. The Hall–Kier alpha value is -1.19. The van der Waals surface area contributed by atoms with Gasteiger partial charge in [0, 0.05) is 12.7 Å². The van der Waals surface area contributed by atoms with Crippen molar-refractivity contribution in [1.82, 2.24) is 0 Å². The smallest absolute Gasteiger partial charge is 0.185 e. The van der Waals surface area contributed by atoms with E-state index in [2.05, 4.69) is 0 Å². The zero-order valence-electron chi connectivity index (χ0n) is 8.61. The standard InChI is InChI=1S/C10H9NO3S2/c1-16(13,14)10-9-6(8(5-11)15-10)3-2-4-7(9)12/h2-4H2,1H3. The molecule has 84 valence electrons. The van der Waals surface area contributed by atoms with Crippen LogP contribution in [0.5, 0.6) is 0 Å². The van der Waals surface area contributed by atoms with Gasteiger partial charge in [-0.2, -0.15) is 5.26 Å². The van der Waals surface area contributed by atoms with Crippen molar-refractivity contribution in [2.24, 2.45) is 0 Å². The summed E-state index contributed by atoms with van der Waals surface area (Å²) in [6.45, 7) is 0. The minimum absolute atomic E-state index is 0.0590. The number of nitrogens with zero attached hydrogens (tertiary/aromatic N) is 1. The Bertz CT molecular complexity index is 605. The van der Waals surface area contributed by atoms with E-state index in [4.69, 9.17) is 5.26 Å². The van der Waals surface area contributed by atoms with Crippen molar-refractivity contribution in [2.45, 2.75) is 23.5 Å². The first kappa shape index (κ1) is 11.3. The zero-order chi connectivity index (χ0) is 11.9. The molecule has 0 saturated carbocycles. The molecule has 1 aromatic heterocycles. The number of fused-ring (bicyclic) bond motifs is 1. The molecule has 1 aliphatic carbocycles. The van der Waals surface area contributed by atoms with E-state index in [1.165, 1.54) is 0 Å². The molecule has 0 saturated heterocycles. The Balaban J connectivity index is 2.79. The van der Waals surface area contributed by atoms with E-state index in [0.29, 0.717) is 29.7 Å². The van der Waals surface area contributed by atoms with Crippen LogP contribution in [0, 0.1) is 11.3 Å². The van der Waals surface area contributed by atoms with Crippen LogP contribution in [-0.2, 0) is 16.3 Å². The Kier molecular flexibility index (Phi) is 2.60. The molecule has 2 rings (SSSR count). The Morgan fingerprint density at radius 2 is 2.06 bits per heavy atom. The van der Waals surface area contributed by atoms with Gasteiger partial charge >= 0.3 is 0 Å². The Morgan fingerprint density at radius 1 is 1.38 bits per heavy atom. The van der Waals surface area contributed by atoms with Gasteiger partial charge in [-0.25, -0.2) is 8.42 Å². The summed E-state index contributed by atoms with van der Waals surface area (Å²) in [6, 6.07) is 1.97. The van der Waals surface area contributed by atoms with E-state index in [9.17, 15) is 13.2 Å². The lowest BCUT2D eigenvalue weighted by atomic mass is 9.93. The highest BCUT2D eigenvalue weighted by molar-refractivity contribution is 7.92. The van der Waals surface area contributed by atoms with Crippen LogP contribution >= 0.6 is 11.3 Å². The largest absolute Gasteiger partial charge is 0.294 e. The predicted octanol–water partition coefficient (Wildman–Crippen LogP) is 1.54. The van der Waals surface area contributed by atoms with Gasteiger partial charge in [-0.05, 0) is 18.4 Å². The van der Waals surface area contributed by atoms with Gasteiger partial charge in [0.15, 0.2) is 15.6 Å². The monoisotopic (exact) mass is 255 g/mol. The van der Waals surface area contributed by atoms with Gasteiger partial charge in [-0.3, -0.25) is 4.79 Å². The second kappa shape index (κ2) is 3.68. The van der Waals surface area contributed by atoms with E-state index in [1.54, 1.807) is 0 Å². The quantitative estimate of drug-likeness (QED) is 0.763. The molecule has 1 aromatic rings. The second-order valence-corrected chi connectivity index (χ2v) is 6.96. The highest BCUT2D eigenvalue weighted by Crippen LogP contribution is 2.36. The summed E-state index contributed by atoms with van der Waals surface area (Å²) in [5, 5.41) is 8.91. The van der Waals surface area contributed by atoms with Gasteiger partial charge in [0.1, 0.15) is 15.2 Å². The molecule has 0 unspecified atom stereocenters. The first-order chi connectivity index (χ1) is 7.45. The molecule has 0 bridgehead atoms. The van der Waals surface area contributed by atoms with Crippen molar-refractivity contribution in [1.29, 1.82) is 5.26 Å². The van der Waals surface area contributed by atoms with Gasteiger partial charge in [-0.15, -0.1) is 11.3 Å². The minimum Gasteiger partial charge on any atom is -0.294 e. The molecule has 1 aliphatic rings. The second-order valence-electron chi connectivity index (χ2n) is 3.73. The summed E-state index contributed by atoms with van der Waals surface area (Å²) < 4.78 is 23.1. The molecule has 0 spiro atoms. The maximum Gasteiger partial charge on any atom is 0.185 e. The van der Waals surface area contributed by atoms with Crippen LogP contribution in [0.15, 0.2) is 4.21 Å². The normalized spacial score (nSPS) is 15.6. The number of carbonyl (C=O) groups excluding carboxylic acids is 1. The van der Waals surface area contributed by atoms with Crippen LogP contribution in [-0.4, -0.2) is 20.5 Å². The lowest BCUT2D eigenvalue weighted by Crippen LogP contribution is -2.12. The van der Waals surface area contributed by atoms with Gasteiger partial charge in [0.2, 0.25) is 0 Å². The van der Waals surface area contributed by atoms with Gasteiger partial charge < -0.3 is 0 Å². The third-order valence-electron chi connectivity index (χ3n) is 2.52. The van der Waals surface area contributed by atoms with Crippen LogP contribution in [0.3, 0.4) is 0 Å². The van der Waals surface area contributed by atoms with E-state index < -0.39 is 9.84 Å². The number of sulfone groups is 1. The zero-order valence-corrected chi connectivity index (χ0v) is 10.2. The number of ketones is 1. The summed E-state index contributed by atoms with van der Waals surface area (Å²) in [5.74, 6) is -0.153. The highest BCUT2D eigenvalue weighted by atomic mass is 32.2. The third-order valence-corrected chi connectivity index (χ3v) is 5.49. The summed E-state index contributed by atoms with van der Waals surface area (Å²) in [6.07, 6.45) is 2.76. The van der Waals surface area contributed by atoms with E-state index in [0.717, 1.165) is 17.6 Å². The molecular weight excluding hydrogens is 246 g/mol. The van der Waals surface area contributed by atoms with E-state index in [1.807, 2.05) is 6.07 Å². The fourth-order valence-electron chi connectivity index (χ4n) is 1.86. The topological polar surface area (TPSA) is 75.0 Å². The molecule has 1 heterocycles. The van der Waals surface area contributed by atoms with Crippen molar-refractivity contribution in [3.05, 3.63) is 16.0 Å². The summed E-state index contributed by atoms with van der Waals surface area (Å²) in [7, 11) is -3.42. The van der Waals surface area contributed by atoms with Crippen molar-refractivity contribution in [2.75, 3.05) is 6.26 Å². The lowest BCUT2D eigenvalue weighted by molar-refractivity contribution is 0.0970. The molecule has 6 heteroatoms. The van der Waals surface area contributed by atoms with Gasteiger partial charge in [0.05, 0.1) is 5.56 Å². The maximum absolute atomic E-state index is 11.7. The average Bonchev–Trinajstić information content (AvgIpc) is 2.57. The molecule has 0 amide bonds. The summed E-state index contributed by atoms with van der Waals surface area (Å²) in [5.41, 5.74) is 0.902. The Labute approximate surface area is 97.4 Å². The lowest BCUT2D eigenvalue weighted by Gasteiger charge is -2.11. The SMILES string of the molecule is CS(=O)(=O)c1sc(C#N)c2c1C(=O)CCC2. The van der Waals surface area contributed by atoms with Crippen molar-refractivity contribution >= 4 is 27.0 Å². The van der Waals surface area contributed by atoms with Crippen LogP contribution in [0.25, 0.3) is 0 Å². The number of Topliss-reactive ketones (excluding diaryl/α,β-unsaturated/α-hetero) is 1. The maximum atomic E-state index is 11.7. The van der Waals surface area contributed by atoms with Crippen molar-refractivity contribution in [3.63, 3.8) is 0 Å². The first-order valence-corrected chi connectivity index (χ1v) is 7.45. The van der Waals surface area contributed by atoms with Crippen LogP contribution < -0.4 is 0 Å². The highest BCUT2D eigenvalue weighted by Gasteiger charge is 2.30. The number of nitriles is 1. The van der Waals surface area contributed by atoms with E-state index >= 15 is 0 Å². The fraction of sp³-hybridized carbons (Fsp3) is 0.400. The molecule has 0 fully saturated rings. The first-order valence-electron chi connectivity index (χ1n) is 4.74. The van der Waals surface area contributed by atoms with Crippen LogP contribution in [0.1, 0.15) is 33.6 Å². The third kappa shape index (κ3) is 1.66. The number of rotatable bonds is 1. The van der Waals surface area contributed by atoms with Gasteiger partial charge in [-0.1, -0.05) is 0 Å². The number of thiophene rings is 1. The van der Waals surface area contributed by atoms with E-state index in [-0.39, 0.29) is 15.6 Å². The molecule has 0 atom stereocenters. The molecule has 0 radical (unpaired) electrons. The van der Waals surface area contributed by atoms with Crippen molar-refractivity contribution < 1.29 is 13.2 Å². The summed E-state index contributed by atoms with van der Waals surface area (Å²) >= 11 is 0.916. The number of carbonyl (C=O) groups is 1. The Morgan fingerprint density at radius 3 is 2.62 bits per heavy atom. The average molecular weight is 255 g/mol. The molecule has 0 aromatic carbocycles. The minimum atomic E-state index is -3.42. The van der Waals surface area contributed by atoms with Gasteiger partial charge in [0.25, 0.3) is 0 Å². The van der Waals surface area contributed by atoms with Crippen LogP contribution in [0.4, 0.5) is 0 Å². The molecule has 16 heavy (non-hydrogen) atoms. The molecule has 0 aliphatic heterocycles. The molecule has 4 nitrogen and oxygen atoms in total. The fourth-order valence-corrected chi connectivity index (χ4v) is 4.23. The molecular formula is C10H9NO3S2. The van der Waals surface area contributed by atoms with Crippen molar-refractivity contribution in [3.8, 4) is 6.07 Å². The molecule has 0 N–H and O–H groups in total. The number of hydrogen-bond donors (Lipinski definition) is 0. The predicted molar refractivity (Wildman–Crippen MR) is 59.4 cm³/mol.